The number of anilines is 1. The van der Waals surface area contributed by atoms with E-state index in [0.29, 0.717) is 18.9 Å². The molecule has 5 nitrogen and oxygen atoms in total. The van der Waals surface area contributed by atoms with Gasteiger partial charge in [-0.3, -0.25) is 9.59 Å². The van der Waals surface area contributed by atoms with E-state index < -0.39 is 0 Å². The molecular formula is C20H29N3O2. The second kappa shape index (κ2) is 8.00. The Balaban J connectivity index is 1.76. The van der Waals surface area contributed by atoms with Crippen LogP contribution in [0.2, 0.25) is 0 Å². The van der Waals surface area contributed by atoms with Crippen molar-refractivity contribution in [2.45, 2.75) is 39.0 Å². The van der Waals surface area contributed by atoms with E-state index in [-0.39, 0.29) is 17.7 Å². The molecule has 5 heteroatoms. The lowest BCUT2D eigenvalue weighted by Gasteiger charge is -2.25. The van der Waals surface area contributed by atoms with Crippen LogP contribution in [0, 0.1) is 5.92 Å². The summed E-state index contributed by atoms with van der Waals surface area (Å²) < 4.78 is 0. The van der Waals surface area contributed by atoms with E-state index >= 15 is 0 Å². The molecule has 2 saturated heterocycles. The van der Waals surface area contributed by atoms with Crippen molar-refractivity contribution in [3.8, 4) is 0 Å². The van der Waals surface area contributed by atoms with Crippen LogP contribution in [0.25, 0.3) is 0 Å². The molecule has 0 spiro atoms. The molecule has 1 aromatic rings. The SMILES string of the molecule is CCC(C)c1ccccc1N1CC(C(=O)N2CCCNCC2)CC1=O. The fourth-order valence-corrected chi connectivity index (χ4v) is 3.80. The molecule has 2 heterocycles. The molecule has 3 rings (SSSR count). The summed E-state index contributed by atoms with van der Waals surface area (Å²) >= 11 is 0. The molecule has 2 unspecified atom stereocenters. The topological polar surface area (TPSA) is 52.7 Å². The molecular weight excluding hydrogens is 314 g/mol. The Morgan fingerprint density at radius 3 is 2.88 bits per heavy atom. The second-order valence-corrected chi connectivity index (χ2v) is 7.20. The lowest BCUT2D eigenvalue weighted by atomic mass is 9.96. The van der Waals surface area contributed by atoms with E-state index in [9.17, 15) is 9.59 Å². The highest BCUT2D eigenvalue weighted by Crippen LogP contribution is 2.33. The van der Waals surface area contributed by atoms with Crippen molar-refractivity contribution in [2.24, 2.45) is 5.92 Å². The Kier molecular flexibility index (Phi) is 5.74. The predicted molar refractivity (Wildman–Crippen MR) is 99.7 cm³/mol. The molecule has 0 radical (unpaired) electrons. The molecule has 2 aliphatic rings. The number of nitrogens with zero attached hydrogens (tertiary/aromatic N) is 2. The summed E-state index contributed by atoms with van der Waals surface area (Å²) in [6, 6.07) is 8.12. The van der Waals surface area contributed by atoms with Crippen LogP contribution in [-0.2, 0) is 9.59 Å². The van der Waals surface area contributed by atoms with Gasteiger partial charge in [0.05, 0.1) is 5.92 Å². The summed E-state index contributed by atoms with van der Waals surface area (Å²) in [6.07, 6.45) is 2.34. The largest absolute Gasteiger partial charge is 0.341 e. The highest BCUT2D eigenvalue weighted by atomic mass is 16.2. The van der Waals surface area contributed by atoms with Crippen LogP contribution < -0.4 is 10.2 Å². The minimum atomic E-state index is -0.212. The minimum Gasteiger partial charge on any atom is -0.341 e. The summed E-state index contributed by atoms with van der Waals surface area (Å²) in [7, 11) is 0. The minimum absolute atomic E-state index is 0.0713. The van der Waals surface area contributed by atoms with Gasteiger partial charge in [0, 0.05) is 38.3 Å². The third-order valence-corrected chi connectivity index (χ3v) is 5.50. The van der Waals surface area contributed by atoms with E-state index in [1.807, 2.05) is 28.0 Å². The van der Waals surface area contributed by atoms with Crippen LogP contribution in [0.3, 0.4) is 0 Å². The highest BCUT2D eigenvalue weighted by molar-refractivity contribution is 6.00. The quantitative estimate of drug-likeness (QED) is 0.913. The van der Waals surface area contributed by atoms with Crippen LogP contribution in [0.15, 0.2) is 24.3 Å². The molecule has 0 aliphatic carbocycles. The van der Waals surface area contributed by atoms with Crippen LogP contribution >= 0.6 is 0 Å². The maximum atomic E-state index is 12.9. The normalized spacial score (nSPS) is 22.8. The van der Waals surface area contributed by atoms with Crippen LogP contribution in [0.4, 0.5) is 5.69 Å². The summed E-state index contributed by atoms with van der Waals surface area (Å²) in [6.45, 7) is 8.19. The first-order valence-corrected chi connectivity index (χ1v) is 9.50. The molecule has 0 saturated carbocycles. The van der Waals surface area contributed by atoms with E-state index in [2.05, 4.69) is 25.2 Å². The number of para-hydroxylation sites is 1. The fraction of sp³-hybridized carbons (Fsp3) is 0.600. The Morgan fingerprint density at radius 1 is 1.28 bits per heavy atom. The number of hydrogen-bond acceptors (Lipinski definition) is 3. The molecule has 1 aromatic carbocycles. The Hall–Kier alpha value is -1.88. The summed E-state index contributed by atoms with van der Waals surface area (Å²) in [5.41, 5.74) is 2.18. The number of rotatable bonds is 4. The van der Waals surface area contributed by atoms with Gasteiger partial charge in [-0.25, -0.2) is 0 Å². The first-order chi connectivity index (χ1) is 12.1. The number of benzene rings is 1. The van der Waals surface area contributed by atoms with Gasteiger partial charge in [0.25, 0.3) is 0 Å². The summed E-state index contributed by atoms with van der Waals surface area (Å²) in [5, 5.41) is 3.32. The predicted octanol–water partition coefficient (Wildman–Crippen LogP) is 2.37. The number of amides is 2. The number of nitrogens with one attached hydrogen (secondary N) is 1. The zero-order chi connectivity index (χ0) is 17.8. The van der Waals surface area contributed by atoms with Crippen molar-refractivity contribution in [1.29, 1.82) is 0 Å². The van der Waals surface area contributed by atoms with Gasteiger partial charge in [0.1, 0.15) is 0 Å². The van der Waals surface area contributed by atoms with Gasteiger partial charge in [-0.05, 0) is 36.9 Å². The van der Waals surface area contributed by atoms with Gasteiger partial charge in [-0.2, -0.15) is 0 Å². The highest BCUT2D eigenvalue weighted by Gasteiger charge is 2.38. The van der Waals surface area contributed by atoms with Crippen LogP contribution in [0.1, 0.15) is 44.6 Å². The molecule has 2 amide bonds. The zero-order valence-electron chi connectivity index (χ0n) is 15.3. The molecule has 1 N–H and O–H groups in total. The molecule has 0 bridgehead atoms. The standard InChI is InChI=1S/C20H29N3O2/c1-3-15(2)17-7-4-5-8-18(17)23-14-16(13-19(23)24)20(25)22-11-6-9-21-10-12-22/h4-5,7-8,15-16,21H,3,6,9-14H2,1-2H3. The third kappa shape index (κ3) is 3.87. The van der Waals surface area contributed by atoms with Crippen molar-refractivity contribution < 1.29 is 9.59 Å². The zero-order valence-corrected chi connectivity index (χ0v) is 15.3. The summed E-state index contributed by atoms with van der Waals surface area (Å²) in [5.74, 6) is 0.397. The Bertz CT molecular complexity index is 623. The third-order valence-electron chi connectivity index (χ3n) is 5.50. The van der Waals surface area contributed by atoms with Gasteiger partial charge in [0.2, 0.25) is 11.8 Å². The van der Waals surface area contributed by atoms with Gasteiger partial charge in [-0.15, -0.1) is 0 Å². The van der Waals surface area contributed by atoms with E-state index in [1.165, 1.54) is 5.56 Å². The average molecular weight is 343 g/mol. The van der Waals surface area contributed by atoms with Crippen molar-refractivity contribution in [3.05, 3.63) is 29.8 Å². The molecule has 2 fully saturated rings. The van der Waals surface area contributed by atoms with Crippen molar-refractivity contribution in [3.63, 3.8) is 0 Å². The smallest absolute Gasteiger partial charge is 0.228 e. The second-order valence-electron chi connectivity index (χ2n) is 7.20. The average Bonchev–Trinajstić information content (AvgIpc) is 2.85. The molecule has 0 aromatic heterocycles. The van der Waals surface area contributed by atoms with E-state index in [0.717, 1.165) is 44.7 Å². The maximum Gasteiger partial charge on any atom is 0.228 e. The molecule has 25 heavy (non-hydrogen) atoms. The van der Waals surface area contributed by atoms with Gasteiger partial charge in [-0.1, -0.05) is 32.0 Å². The van der Waals surface area contributed by atoms with E-state index in [4.69, 9.17) is 0 Å². The van der Waals surface area contributed by atoms with E-state index in [1.54, 1.807) is 0 Å². The first kappa shape index (κ1) is 17.9. The van der Waals surface area contributed by atoms with Crippen LogP contribution in [-0.4, -0.2) is 49.4 Å². The first-order valence-electron chi connectivity index (χ1n) is 9.50. The molecule has 2 atom stereocenters. The van der Waals surface area contributed by atoms with Gasteiger partial charge < -0.3 is 15.1 Å². The number of hydrogen-bond donors (Lipinski definition) is 1. The Morgan fingerprint density at radius 2 is 2.08 bits per heavy atom. The van der Waals surface area contributed by atoms with Crippen molar-refractivity contribution >= 4 is 17.5 Å². The lowest BCUT2D eigenvalue weighted by molar-refractivity contribution is -0.135. The monoisotopic (exact) mass is 343 g/mol. The molecule has 2 aliphatic heterocycles. The number of carbonyl (C=O) groups is 2. The fourth-order valence-electron chi connectivity index (χ4n) is 3.80. The van der Waals surface area contributed by atoms with Crippen molar-refractivity contribution in [1.82, 2.24) is 10.2 Å². The van der Waals surface area contributed by atoms with Crippen molar-refractivity contribution in [2.75, 3.05) is 37.6 Å². The van der Waals surface area contributed by atoms with Gasteiger partial charge >= 0.3 is 0 Å². The molecule has 136 valence electrons. The van der Waals surface area contributed by atoms with Gasteiger partial charge in [0.15, 0.2) is 0 Å². The Labute approximate surface area is 150 Å². The lowest BCUT2D eigenvalue weighted by Crippen LogP contribution is -2.39. The summed E-state index contributed by atoms with van der Waals surface area (Å²) in [4.78, 5) is 29.3. The maximum absolute atomic E-state index is 12.9. The number of carbonyl (C=O) groups excluding carboxylic acids is 2. The van der Waals surface area contributed by atoms with Crippen LogP contribution in [0.5, 0.6) is 0 Å².